The highest BCUT2D eigenvalue weighted by molar-refractivity contribution is 8.21. The number of rotatable bonds is 8. The van der Waals surface area contributed by atoms with Crippen LogP contribution in [0.4, 0.5) is 0 Å². The molecule has 2 fully saturated rings. The summed E-state index contributed by atoms with van der Waals surface area (Å²) < 4.78 is -0.208. The number of carboxylic acids is 2. The van der Waals surface area contributed by atoms with E-state index in [1.54, 1.807) is 54.7 Å². The summed E-state index contributed by atoms with van der Waals surface area (Å²) in [4.78, 5) is 37.8. The zero-order chi connectivity index (χ0) is 21.0. The van der Waals surface area contributed by atoms with Crippen molar-refractivity contribution in [2.75, 3.05) is 24.6 Å². The summed E-state index contributed by atoms with van der Waals surface area (Å²) in [5.74, 6) is -0.815. The van der Waals surface area contributed by atoms with E-state index in [4.69, 9.17) is 0 Å². The van der Waals surface area contributed by atoms with E-state index in [-0.39, 0.29) is 9.99 Å². The third-order valence-electron chi connectivity index (χ3n) is 5.43. The molecule has 1 spiro atoms. The largest absolute Gasteiger partial charge is 0.481 e. The minimum Gasteiger partial charge on any atom is -0.481 e. The molecule has 0 aliphatic carbocycles. The van der Waals surface area contributed by atoms with Crippen molar-refractivity contribution in [1.29, 1.82) is 0 Å². The van der Waals surface area contributed by atoms with E-state index in [0.29, 0.717) is 25.9 Å². The molecule has 3 N–H and O–H groups in total. The summed E-state index contributed by atoms with van der Waals surface area (Å²) in [6, 6.07) is 7.63. The Hall–Kier alpha value is -1.71. The van der Waals surface area contributed by atoms with Crippen LogP contribution >= 0.6 is 23.5 Å². The minimum absolute atomic E-state index is 0.208. The van der Waals surface area contributed by atoms with Crippen molar-refractivity contribution >= 4 is 41.4 Å². The molecular weight excluding hydrogens is 412 g/mol. The van der Waals surface area contributed by atoms with Gasteiger partial charge >= 0.3 is 11.9 Å². The number of benzene rings is 1. The number of nitrogens with zero attached hydrogens (tertiary/aromatic N) is 1. The smallest absolute Gasteiger partial charge is 0.326 e. The van der Waals surface area contributed by atoms with Crippen molar-refractivity contribution in [2.24, 2.45) is 0 Å². The number of carbonyl (C=O) groups excluding carboxylic acids is 1. The molecule has 0 saturated carbocycles. The summed E-state index contributed by atoms with van der Waals surface area (Å²) >= 11 is 3.50. The Kier molecular flexibility index (Phi) is 7.13. The van der Waals surface area contributed by atoms with Crippen LogP contribution in [-0.2, 0) is 14.4 Å². The molecule has 1 amide bonds. The monoisotopic (exact) mass is 438 g/mol. The fraction of sp³-hybridized carbons (Fsp3) is 0.550. The van der Waals surface area contributed by atoms with Crippen LogP contribution in [0.1, 0.15) is 31.2 Å². The number of hydrogen-bond donors (Lipinski definition) is 3. The normalized spacial score (nSPS) is 22.5. The van der Waals surface area contributed by atoms with Crippen LogP contribution in [-0.4, -0.2) is 73.7 Å². The molecule has 7 nitrogen and oxygen atoms in total. The van der Waals surface area contributed by atoms with Crippen molar-refractivity contribution in [3.8, 4) is 0 Å². The van der Waals surface area contributed by atoms with Crippen LogP contribution in [0.2, 0.25) is 0 Å². The molecule has 2 aliphatic rings. The lowest BCUT2D eigenvalue weighted by atomic mass is 9.96. The first-order valence-electron chi connectivity index (χ1n) is 9.65. The SMILES string of the molecule is C[C@H](NCCC(C(=O)O)c1ccccc1)C(=O)N1CC2(CC1C(=O)O)SCCS2. The van der Waals surface area contributed by atoms with Gasteiger partial charge in [-0.3, -0.25) is 9.59 Å². The molecule has 3 atom stereocenters. The third kappa shape index (κ3) is 5.07. The van der Waals surface area contributed by atoms with Crippen LogP contribution in [0, 0.1) is 0 Å². The van der Waals surface area contributed by atoms with E-state index in [2.05, 4.69) is 5.32 Å². The van der Waals surface area contributed by atoms with E-state index in [1.165, 1.54) is 4.90 Å². The molecule has 2 heterocycles. The first-order chi connectivity index (χ1) is 13.8. The van der Waals surface area contributed by atoms with E-state index < -0.39 is 29.9 Å². The van der Waals surface area contributed by atoms with Crippen molar-refractivity contribution in [1.82, 2.24) is 10.2 Å². The number of likely N-dealkylation sites (tertiary alicyclic amines) is 1. The van der Waals surface area contributed by atoms with Crippen LogP contribution in [0.3, 0.4) is 0 Å². The Morgan fingerprint density at radius 2 is 1.86 bits per heavy atom. The fourth-order valence-corrected chi connectivity index (χ4v) is 7.15. The molecule has 0 aromatic heterocycles. The van der Waals surface area contributed by atoms with E-state index in [9.17, 15) is 24.6 Å². The fourth-order valence-electron chi connectivity index (χ4n) is 3.90. The van der Waals surface area contributed by atoms with Gasteiger partial charge < -0.3 is 20.4 Å². The van der Waals surface area contributed by atoms with Crippen LogP contribution in [0.25, 0.3) is 0 Å². The van der Waals surface area contributed by atoms with Crippen molar-refractivity contribution in [2.45, 2.75) is 41.8 Å². The van der Waals surface area contributed by atoms with Crippen molar-refractivity contribution in [3.05, 3.63) is 35.9 Å². The Balaban J connectivity index is 1.58. The van der Waals surface area contributed by atoms with Crippen LogP contribution in [0.5, 0.6) is 0 Å². The predicted molar refractivity (Wildman–Crippen MR) is 114 cm³/mol. The molecule has 3 rings (SSSR count). The zero-order valence-electron chi connectivity index (χ0n) is 16.2. The quantitative estimate of drug-likeness (QED) is 0.566. The molecule has 2 saturated heterocycles. The Morgan fingerprint density at radius 1 is 1.21 bits per heavy atom. The molecule has 1 aromatic rings. The molecule has 158 valence electrons. The van der Waals surface area contributed by atoms with E-state index in [1.807, 2.05) is 6.07 Å². The van der Waals surface area contributed by atoms with Gasteiger partial charge in [-0.1, -0.05) is 30.3 Å². The van der Waals surface area contributed by atoms with Gasteiger partial charge in [0.2, 0.25) is 5.91 Å². The van der Waals surface area contributed by atoms with Crippen molar-refractivity contribution in [3.63, 3.8) is 0 Å². The Morgan fingerprint density at radius 3 is 2.45 bits per heavy atom. The first-order valence-corrected chi connectivity index (χ1v) is 11.6. The van der Waals surface area contributed by atoms with Gasteiger partial charge in [-0.05, 0) is 25.5 Å². The number of nitrogens with one attached hydrogen (secondary N) is 1. The second-order valence-electron chi connectivity index (χ2n) is 7.40. The number of carbonyl (C=O) groups is 3. The number of carboxylic acid groups (broad SMARTS) is 2. The maximum atomic E-state index is 12.9. The van der Waals surface area contributed by atoms with Gasteiger partial charge in [-0.2, -0.15) is 0 Å². The lowest BCUT2D eigenvalue weighted by Gasteiger charge is -2.26. The molecule has 2 unspecified atom stereocenters. The number of hydrogen-bond acceptors (Lipinski definition) is 6. The summed E-state index contributed by atoms with van der Waals surface area (Å²) in [7, 11) is 0. The molecule has 2 aliphatic heterocycles. The van der Waals surface area contributed by atoms with Gasteiger partial charge in [-0.15, -0.1) is 23.5 Å². The van der Waals surface area contributed by atoms with E-state index >= 15 is 0 Å². The van der Waals surface area contributed by atoms with Gasteiger partial charge in [0.05, 0.1) is 16.0 Å². The average molecular weight is 439 g/mol. The van der Waals surface area contributed by atoms with Gasteiger partial charge in [-0.25, -0.2) is 4.79 Å². The summed E-state index contributed by atoms with van der Waals surface area (Å²) in [5, 5.41) is 22.2. The maximum Gasteiger partial charge on any atom is 0.326 e. The standard InChI is InChI=1S/C20H26N2O5S2/c1-13(21-8-7-15(18(24)25)14-5-3-2-4-6-14)17(23)22-12-20(28-9-10-29-20)11-16(22)19(26)27/h2-6,13,15-16,21H,7-12H2,1H3,(H,24,25)(H,26,27)/t13-,15?,16?/m0/s1. The van der Waals surface area contributed by atoms with E-state index in [0.717, 1.165) is 17.1 Å². The average Bonchev–Trinajstić information content (AvgIpc) is 3.32. The topological polar surface area (TPSA) is 107 Å². The third-order valence-corrected chi connectivity index (χ3v) is 8.85. The second-order valence-corrected chi connectivity index (χ2v) is 10.6. The molecule has 1 aromatic carbocycles. The van der Waals surface area contributed by atoms with Crippen molar-refractivity contribution < 1.29 is 24.6 Å². The lowest BCUT2D eigenvalue weighted by molar-refractivity contribution is -0.148. The molecule has 0 radical (unpaired) electrons. The summed E-state index contributed by atoms with van der Waals surface area (Å²) in [5.41, 5.74) is 0.725. The van der Waals surface area contributed by atoms with Crippen LogP contribution < -0.4 is 5.32 Å². The van der Waals surface area contributed by atoms with Gasteiger partial charge in [0, 0.05) is 24.5 Å². The molecule has 0 bridgehead atoms. The van der Waals surface area contributed by atoms with Gasteiger partial charge in [0.15, 0.2) is 0 Å². The summed E-state index contributed by atoms with van der Waals surface area (Å²) in [6.07, 6.45) is 0.806. The highest BCUT2D eigenvalue weighted by Gasteiger charge is 2.51. The lowest BCUT2D eigenvalue weighted by Crippen LogP contribution is -2.49. The van der Waals surface area contributed by atoms with Crippen LogP contribution in [0.15, 0.2) is 30.3 Å². The number of thioether (sulfide) groups is 2. The van der Waals surface area contributed by atoms with Gasteiger partial charge in [0.1, 0.15) is 6.04 Å². The summed E-state index contributed by atoms with van der Waals surface area (Å²) in [6.45, 7) is 2.49. The highest BCUT2D eigenvalue weighted by Crippen LogP contribution is 2.51. The second kappa shape index (κ2) is 9.40. The van der Waals surface area contributed by atoms with Gasteiger partial charge in [0.25, 0.3) is 0 Å². The molecule has 9 heteroatoms. The first kappa shape index (κ1) is 22.0. The maximum absolute atomic E-state index is 12.9. The Bertz CT molecular complexity index is 754. The Labute approximate surface area is 178 Å². The minimum atomic E-state index is -0.967. The molecule has 29 heavy (non-hydrogen) atoms. The number of aliphatic carboxylic acids is 2. The zero-order valence-corrected chi connectivity index (χ0v) is 17.9. The predicted octanol–water partition coefficient (Wildman–Crippen LogP) is 2.08. The number of amides is 1. The molecular formula is C20H26N2O5S2. The highest BCUT2D eigenvalue weighted by atomic mass is 32.2.